The van der Waals surface area contributed by atoms with Crippen molar-refractivity contribution in [3.63, 3.8) is 0 Å². The lowest BCUT2D eigenvalue weighted by Crippen LogP contribution is -1.94. The van der Waals surface area contributed by atoms with E-state index in [2.05, 4.69) is 11.4 Å². The third-order valence-corrected chi connectivity index (χ3v) is 3.04. The van der Waals surface area contributed by atoms with Gasteiger partial charge in [-0.25, -0.2) is 0 Å². The molecule has 2 rings (SSSR count). The van der Waals surface area contributed by atoms with Crippen molar-refractivity contribution in [3.05, 3.63) is 57.6 Å². The molecule has 0 aliphatic rings. The fourth-order valence-electron chi connectivity index (χ4n) is 1.60. The van der Waals surface area contributed by atoms with Gasteiger partial charge in [0.15, 0.2) is 0 Å². The molecule has 0 amide bonds. The minimum absolute atomic E-state index is 0.520. The topological polar surface area (TPSA) is 35.8 Å². The lowest BCUT2D eigenvalue weighted by atomic mass is 10.1. The molecule has 0 unspecified atom stereocenters. The van der Waals surface area contributed by atoms with Crippen LogP contribution in [-0.2, 0) is 0 Å². The second-order valence-electron chi connectivity index (χ2n) is 3.91. The van der Waals surface area contributed by atoms with Crippen molar-refractivity contribution in [2.45, 2.75) is 6.92 Å². The van der Waals surface area contributed by atoms with E-state index in [1.54, 1.807) is 18.2 Å². The Hall–Kier alpha value is -1.69. The average molecular weight is 277 g/mol. The van der Waals surface area contributed by atoms with E-state index in [4.69, 9.17) is 28.5 Å². The normalized spacial score (nSPS) is 9.89. The summed E-state index contributed by atoms with van der Waals surface area (Å²) in [6.45, 7) is 1.94. The predicted molar refractivity (Wildman–Crippen MR) is 75.6 cm³/mol. The molecule has 0 saturated carbocycles. The van der Waals surface area contributed by atoms with Crippen LogP contribution < -0.4 is 5.32 Å². The van der Waals surface area contributed by atoms with Crippen molar-refractivity contribution in [1.82, 2.24) is 0 Å². The van der Waals surface area contributed by atoms with Crippen LogP contribution in [0.3, 0.4) is 0 Å². The number of aryl methyl sites for hydroxylation is 1. The Morgan fingerprint density at radius 1 is 1.06 bits per heavy atom. The maximum absolute atomic E-state index is 9.09. The molecule has 0 spiro atoms. The number of hydrogen-bond donors (Lipinski definition) is 1. The van der Waals surface area contributed by atoms with Crippen LogP contribution >= 0.6 is 23.2 Å². The molecule has 4 heteroatoms. The largest absolute Gasteiger partial charge is 0.353 e. The number of hydrogen-bond acceptors (Lipinski definition) is 2. The Morgan fingerprint density at radius 2 is 1.78 bits per heavy atom. The van der Waals surface area contributed by atoms with Crippen molar-refractivity contribution >= 4 is 34.6 Å². The van der Waals surface area contributed by atoms with Crippen molar-refractivity contribution in [1.29, 1.82) is 5.26 Å². The van der Waals surface area contributed by atoms with Gasteiger partial charge < -0.3 is 5.32 Å². The fraction of sp³-hybridized carbons (Fsp3) is 0.0714. The molecule has 0 heterocycles. The highest BCUT2D eigenvalue weighted by Crippen LogP contribution is 2.29. The summed E-state index contributed by atoms with van der Waals surface area (Å²) in [7, 11) is 0. The van der Waals surface area contributed by atoms with E-state index in [9.17, 15) is 0 Å². The number of nitrogens with one attached hydrogen (secondary N) is 1. The quantitative estimate of drug-likeness (QED) is 0.845. The Kier molecular flexibility index (Phi) is 3.76. The molecule has 2 aromatic rings. The molecule has 2 nitrogen and oxygen atoms in total. The predicted octanol–water partition coefficient (Wildman–Crippen LogP) is 4.92. The Labute approximate surface area is 116 Å². The molecule has 2 aromatic carbocycles. The molecular formula is C14H10Cl2N2. The van der Waals surface area contributed by atoms with Gasteiger partial charge in [0, 0.05) is 5.02 Å². The minimum Gasteiger partial charge on any atom is -0.353 e. The minimum atomic E-state index is 0.520. The zero-order chi connectivity index (χ0) is 13.1. The number of benzene rings is 2. The second kappa shape index (κ2) is 5.30. The maximum Gasteiger partial charge on any atom is 0.101 e. The van der Waals surface area contributed by atoms with E-state index in [0.29, 0.717) is 15.6 Å². The van der Waals surface area contributed by atoms with Gasteiger partial charge in [-0.3, -0.25) is 0 Å². The first-order valence-electron chi connectivity index (χ1n) is 5.33. The van der Waals surface area contributed by atoms with Crippen LogP contribution in [0, 0.1) is 18.3 Å². The summed E-state index contributed by atoms with van der Waals surface area (Å²) in [6.07, 6.45) is 0. The first kappa shape index (κ1) is 12.8. The third-order valence-electron chi connectivity index (χ3n) is 2.50. The van der Waals surface area contributed by atoms with E-state index >= 15 is 0 Å². The van der Waals surface area contributed by atoms with E-state index in [1.807, 2.05) is 25.1 Å². The Bertz CT molecular complexity index is 630. The van der Waals surface area contributed by atoms with Gasteiger partial charge in [0.1, 0.15) is 6.07 Å². The molecule has 0 aromatic heterocycles. The van der Waals surface area contributed by atoms with E-state index in [1.165, 1.54) is 0 Å². The molecular weight excluding hydrogens is 267 g/mol. The van der Waals surface area contributed by atoms with Crippen molar-refractivity contribution in [2.75, 3.05) is 5.32 Å². The smallest absolute Gasteiger partial charge is 0.101 e. The maximum atomic E-state index is 9.09. The summed E-state index contributed by atoms with van der Waals surface area (Å²) < 4.78 is 0. The molecule has 18 heavy (non-hydrogen) atoms. The summed E-state index contributed by atoms with van der Waals surface area (Å²) in [5.41, 5.74) is 3.08. The summed E-state index contributed by atoms with van der Waals surface area (Å²) in [4.78, 5) is 0. The molecule has 0 saturated heterocycles. The van der Waals surface area contributed by atoms with Crippen LogP contribution in [0.4, 0.5) is 11.4 Å². The van der Waals surface area contributed by atoms with Crippen LogP contribution in [-0.4, -0.2) is 0 Å². The van der Waals surface area contributed by atoms with Crippen LogP contribution in [0.15, 0.2) is 36.4 Å². The highest BCUT2D eigenvalue weighted by molar-refractivity contribution is 6.36. The zero-order valence-electron chi connectivity index (χ0n) is 9.67. The SMILES string of the molecule is Cc1ccc(Nc2ccc(Cl)cc2Cl)c(C#N)c1. The van der Waals surface area contributed by atoms with Crippen LogP contribution in [0.5, 0.6) is 0 Å². The number of rotatable bonds is 2. The number of anilines is 2. The van der Waals surface area contributed by atoms with Gasteiger partial charge in [0.2, 0.25) is 0 Å². The summed E-state index contributed by atoms with van der Waals surface area (Å²) >= 11 is 11.9. The summed E-state index contributed by atoms with van der Waals surface area (Å²) in [5.74, 6) is 0. The number of nitrogens with zero attached hydrogens (tertiary/aromatic N) is 1. The lowest BCUT2D eigenvalue weighted by molar-refractivity contribution is 1.40. The lowest BCUT2D eigenvalue weighted by Gasteiger charge is -2.10. The van der Waals surface area contributed by atoms with Crippen LogP contribution in [0.25, 0.3) is 0 Å². The van der Waals surface area contributed by atoms with Gasteiger partial charge in [-0.05, 0) is 42.8 Å². The Morgan fingerprint density at radius 3 is 2.44 bits per heavy atom. The molecule has 0 fully saturated rings. The first-order chi connectivity index (χ1) is 8.60. The average Bonchev–Trinajstić information content (AvgIpc) is 2.34. The Balaban J connectivity index is 2.37. The molecule has 0 aliphatic carbocycles. The molecule has 0 bridgehead atoms. The van der Waals surface area contributed by atoms with Gasteiger partial charge in [0.05, 0.1) is 22.0 Å². The second-order valence-corrected chi connectivity index (χ2v) is 4.75. The monoisotopic (exact) mass is 276 g/mol. The van der Waals surface area contributed by atoms with Gasteiger partial charge in [-0.15, -0.1) is 0 Å². The van der Waals surface area contributed by atoms with E-state index in [0.717, 1.165) is 16.9 Å². The highest BCUT2D eigenvalue weighted by Gasteiger charge is 2.05. The number of halogens is 2. The number of nitriles is 1. The van der Waals surface area contributed by atoms with Gasteiger partial charge in [-0.1, -0.05) is 29.3 Å². The first-order valence-corrected chi connectivity index (χ1v) is 6.08. The van der Waals surface area contributed by atoms with E-state index in [-0.39, 0.29) is 0 Å². The van der Waals surface area contributed by atoms with Gasteiger partial charge >= 0.3 is 0 Å². The van der Waals surface area contributed by atoms with E-state index < -0.39 is 0 Å². The van der Waals surface area contributed by atoms with Crippen molar-refractivity contribution < 1.29 is 0 Å². The van der Waals surface area contributed by atoms with Gasteiger partial charge in [0.25, 0.3) is 0 Å². The van der Waals surface area contributed by atoms with Crippen molar-refractivity contribution in [3.8, 4) is 6.07 Å². The summed E-state index contributed by atoms with van der Waals surface area (Å²) in [5, 5.41) is 13.3. The molecule has 90 valence electrons. The van der Waals surface area contributed by atoms with Crippen LogP contribution in [0.1, 0.15) is 11.1 Å². The third kappa shape index (κ3) is 2.76. The van der Waals surface area contributed by atoms with Crippen LogP contribution in [0.2, 0.25) is 10.0 Å². The molecule has 0 atom stereocenters. The van der Waals surface area contributed by atoms with Crippen molar-refractivity contribution in [2.24, 2.45) is 0 Å². The fourth-order valence-corrected chi connectivity index (χ4v) is 2.05. The highest BCUT2D eigenvalue weighted by atomic mass is 35.5. The zero-order valence-corrected chi connectivity index (χ0v) is 11.2. The standard InChI is InChI=1S/C14H10Cl2N2/c1-9-2-4-13(10(6-9)8-17)18-14-5-3-11(15)7-12(14)16/h2-7,18H,1H3. The summed E-state index contributed by atoms with van der Waals surface area (Å²) in [6, 6.07) is 13.0. The molecule has 0 aliphatic heterocycles. The van der Waals surface area contributed by atoms with Gasteiger partial charge in [-0.2, -0.15) is 5.26 Å². The molecule has 1 N–H and O–H groups in total. The molecule has 0 radical (unpaired) electrons.